The molecule has 1 amide bonds. The topological polar surface area (TPSA) is 58.1 Å². The van der Waals surface area contributed by atoms with E-state index in [4.69, 9.17) is 0 Å². The summed E-state index contributed by atoms with van der Waals surface area (Å²) in [5.74, 6) is 0.289. The summed E-state index contributed by atoms with van der Waals surface area (Å²) in [6.07, 6.45) is -2.91. The first-order chi connectivity index (χ1) is 12.7. The van der Waals surface area contributed by atoms with Crippen LogP contribution in [0.3, 0.4) is 0 Å². The molecule has 0 saturated carbocycles. The van der Waals surface area contributed by atoms with Crippen molar-refractivity contribution in [1.82, 2.24) is 9.97 Å². The van der Waals surface area contributed by atoms with Gasteiger partial charge < -0.3 is 10.2 Å². The molecular weight excluding hydrogens is 377 g/mol. The molecule has 0 fully saturated rings. The van der Waals surface area contributed by atoms with Gasteiger partial charge in [-0.1, -0.05) is 12.1 Å². The van der Waals surface area contributed by atoms with Gasteiger partial charge in [0.05, 0.1) is 17.4 Å². The van der Waals surface area contributed by atoms with Crippen LogP contribution >= 0.6 is 11.3 Å². The highest BCUT2D eigenvalue weighted by atomic mass is 32.1. The summed E-state index contributed by atoms with van der Waals surface area (Å²) in [5.41, 5.74) is 0.183. The Balaban J connectivity index is 1.76. The summed E-state index contributed by atoms with van der Waals surface area (Å²) >= 11 is 1.11. The predicted octanol–water partition coefficient (Wildman–Crippen LogP) is 4.54. The molecule has 0 spiro atoms. The summed E-state index contributed by atoms with van der Waals surface area (Å²) in [7, 11) is 3.70. The number of carbonyl (C=O) groups is 1. The zero-order valence-corrected chi connectivity index (χ0v) is 15.2. The Hall–Kier alpha value is -2.94. The van der Waals surface area contributed by atoms with Gasteiger partial charge in [-0.3, -0.25) is 4.79 Å². The van der Waals surface area contributed by atoms with Crippen LogP contribution in [0.5, 0.6) is 0 Å². The van der Waals surface area contributed by atoms with Gasteiger partial charge in [0.2, 0.25) is 0 Å². The molecule has 1 N–H and O–H groups in total. The third-order valence-electron chi connectivity index (χ3n) is 3.64. The van der Waals surface area contributed by atoms with Gasteiger partial charge in [-0.15, -0.1) is 11.3 Å². The fraction of sp³-hybridized carbons (Fsp3) is 0.167. The molecule has 2 aromatic heterocycles. The van der Waals surface area contributed by atoms with E-state index in [9.17, 15) is 18.0 Å². The van der Waals surface area contributed by atoms with Gasteiger partial charge in [0.1, 0.15) is 16.5 Å². The first-order valence-corrected chi connectivity index (χ1v) is 8.70. The van der Waals surface area contributed by atoms with Crippen molar-refractivity contribution in [2.75, 3.05) is 24.3 Å². The number of hydrogen-bond donors (Lipinski definition) is 1. The molecule has 27 heavy (non-hydrogen) atoms. The Bertz CT molecular complexity index is 952. The Kier molecular flexibility index (Phi) is 5.13. The van der Waals surface area contributed by atoms with Gasteiger partial charge in [-0.2, -0.15) is 13.2 Å². The number of aromatic nitrogens is 2. The molecule has 3 aromatic rings. The monoisotopic (exact) mass is 392 g/mol. The lowest BCUT2D eigenvalue weighted by Crippen LogP contribution is -2.14. The maximum absolute atomic E-state index is 12.8. The van der Waals surface area contributed by atoms with E-state index >= 15 is 0 Å². The van der Waals surface area contributed by atoms with E-state index in [2.05, 4.69) is 15.3 Å². The normalized spacial score (nSPS) is 11.3. The average molecular weight is 392 g/mol. The minimum absolute atomic E-state index is 0.129. The van der Waals surface area contributed by atoms with Crippen LogP contribution in [0.25, 0.3) is 10.6 Å². The third-order valence-corrected chi connectivity index (χ3v) is 4.53. The molecule has 2 heterocycles. The number of pyridine rings is 1. The maximum atomic E-state index is 12.8. The van der Waals surface area contributed by atoms with Crippen molar-refractivity contribution in [3.63, 3.8) is 0 Å². The van der Waals surface area contributed by atoms with Crippen molar-refractivity contribution in [2.24, 2.45) is 0 Å². The molecule has 140 valence electrons. The molecule has 0 aliphatic heterocycles. The van der Waals surface area contributed by atoms with E-state index in [1.807, 2.05) is 19.0 Å². The molecule has 9 heteroatoms. The lowest BCUT2D eigenvalue weighted by molar-refractivity contribution is -0.137. The minimum atomic E-state index is -4.43. The highest BCUT2D eigenvalue weighted by Gasteiger charge is 2.30. The fourth-order valence-corrected chi connectivity index (χ4v) is 3.06. The second-order valence-corrected chi connectivity index (χ2v) is 6.73. The molecular formula is C18H15F3N4OS. The predicted molar refractivity (Wildman–Crippen MR) is 99.1 cm³/mol. The van der Waals surface area contributed by atoms with Crippen molar-refractivity contribution in [3.8, 4) is 10.6 Å². The zero-order chi connectivity index (χ0) is 19.6. The molecule has 0 atom stereocenters. The van der Waals surface area contributed by atoms with E-state index in [0.717, 1.165) is 29.3 Å². The van der Waals surface area contributed by atoms with Gasteiger partial charge in [-0.05, 0) is 24.3 Å². The van der Waals surface area contributed by atoms with E-state index < -0.39 is 17.6 Å². The number of nitrogens with one attached hydrogen (secondary N) is 1. The first-order valence-electron chi connectivity index (χ1n) is 7.82. The number of halogens is 3. The summed E-state index contributed by atoms with van der Waals surface area (Å²) in [5, 5.41) is 4.52. The molecule has 0 saturated heterocycles. The summed E-state index contributed by atoms with van der Waals surface area (Å²) < 4.78 is 38.5. The van der Waals surface area contributed by atoms with Crippen molar-refractivity contribution < 1.29 is 18.0 Å². The largest absolute Gasteiger partial charge is 0.416 e. The highest BCUT2D eigenvalue weighted by Crippen LogP contribution is 2.33. The highest BCUT2D eigenvalue weighted by molar-refractivity contribution is 7.13. The standard InChI is InChI=1S/C18H15F3N4OS/c1-25(2)15-7-6-13(9-22-15)23-16(26)14-10-27-17(24-14)11-4-3-5-12(8-11)18(19,20)21/h3-10H,1-2H3,(H,23,26). The first kappa shape index (κ1) is 18.8. The number of anilines is 2. The molecule has 5 nitrogen and oxygen atoms in total. The molecule has 0 aliphatic rings. The number of hydrogen-bond acceptors (Lipinski definition) is 5. The van der Waals surface area contributed by atoms with Crippen molar-refractivity contribution in [2.45, 2.75) is 6.18 Å². The lowest BCUT2D eigenvalue weighted by atomic mass is 10.1. The number of thiazole rings is 1. The number of nitrogens with zero attached hydrogens (tertiary/aromatic N) is 3. The lowest BCUT2D eigenvalue weighted by Gasteiger charge is -2.11. The second-order valence-electron chi connectivity index (χ2n) is 5.87. The van der Waals surface area contributed by atoms with Crippen molar-refractivity contribution in [3.05, 3.63) is 59.2 Å². The Labute approximate surface area is 157 Å². The summed E-state index contributed by atoms with van der Waals surface area (Å²) in [4.78, 5) is 22.5. The Morgan fingerprint density at radius 2 is 1.96 bits per heavy atom. The van der Waals surface area contributed by atoms with Crippen LogP contribution in [-0.2, 0) is 6.18 Å². The van der Waals surface area contributed by atoms with E-state index in [1.54, 1.807) is 12.1 Å². The molecule has 0 bridgehead atoms. The van der Waals surface area contributed by atoms with Crippen LogP contribution in [0.2, 0.25) is 0 Å². The molecule has 1 aromatic carbocycles. The van der Waals surface area contributed by atoms with Gasteiger partial charge in [-0.25, -0.2) is 9.97 Å². The Morgan fingerprint density at radius 3 is 2.59 bits per heavy atom. The van der Waals surface area contributed by atoms with Crippen LogP contribution in [0.15, 0.2) is 48.0 Å². The van der Waals surface area contributed by atoms with Gasteiger partial charge >= 0.3 is 6.18 Å². The van der Waals surface area contributed by atoms with Gasteiger partial charge in [0, 0.05) is 25.0 Å². The van der Waals surface area contributed by atoms with Crippen LogP contribution in [0.4, 0.5) is 24.7 Å². The molecule has 3 rings (SSSR count). The average Bonchev–Trinajstić information content (AvgIpc) is 3.12. The number of rotatable bonds is 4. The van der Waals surface area contributed by atoms with Crippen molar-refractivity contribution >= 4 is 28.7 Å². The van der Waals surface area contributed by atoms with Crippen molar-refractivity contribution in [1.29, 1.82) is 0 Å². The number of benzene rings is 1. The minimum Gasteiger partial charge on any atom is -0.363 e. The zero-order valence-electron chi connectivity index (χ0n) is 14.4. The summed E-state index contributed by atoms with van der Waals surface area (Å²) in [6.45, 7) is 0. The number of amides is 1. The van der Waals surface area contributed by atoms with E-state index in [0.29, 0.717) is 16.3 Å². The Morgan fingerprint density at radius 1 is 1.19 bits per heavy atom. The fourth-order valence-electron chi connectivity index (χ4n) is 2.26. The molecule has 0 radical (unpaired) electrons. The van der Waals surface area contributed by atoms with Crippen LogP contribution in [0.1, 0.15) is 16.1 Å². The smallest absolute Gasteiger partial charge is 0.363 e. The van der Waals surface area contributed by atoms with E-state index in [1.165, 1.54) is 23.7 Å². The van der Waals surface area contributed by atoms with Crippen LogP contribution in [-0.4, -0.2) is 30.0 Å². The van der Waals surface area contributed by atoms with Crippen LogP contribution in [0, 0.1) is 0 Å². The maximum Gasteiger partial charge on any atom is 0.416 e. The molecule has 0 unspecified atom stereocenters. The SMILES string of the molecule is CN(C)c1ccc(NC(=O)c2csc(-c3cccc(C(F)(F)F)c3)n2)cn1. The molecule has 0 aliphatic carbocycles. The van der Waals surface area contributed by atoms with E-state index in [-0.39, 0.29) is 5.69 Å². The number of alkyl halides is 3. The van der Waals surface area contributed by atoms with Gasteiger partial charge in [0.15, 0.2) is 0 Å². The second kappa shape index (κ2) is 7.36. The summed E-state index contributed by atoms with van der Waals surface area (Å²) in [6, 6.07) is 8.32. The quantitative estimate of drug-likeness (QED) is 0.708. The van der Waals surface area contributed by atoms with Crippen LogP contribution < -0.4 is 10.2 Å². The number of carbonyl (C=O) groups excluding carboxylic acids is 1. The third kappa shape index (κ3) is 4.43. The van der Waals surface area contributed by atoms with Gasteiger partial charge in [0.25, 0.3) is 5.91 Å².